The van der Waals surface area contributed by atoms with Gasteiger partial charge in [-0.2, -0.15) is 0 Å². The monoisotopic (exact) mass is 285 g/mol. The summed E-state index contributed by atoms with van der Waals surface area (Å²) >= 11 is 5.03. The van der Waals surface area contributed by atoms with Gasteiger partial charge in [0, 0.05) is 18.3 Å². The number of thiocarbonyl (C=S) groups is 1. The first-order valence-electron chi connectivity index (χ1n) is 6.51. The maximum absolute atomic E-state index is 5.76. The zero-order valence-electron chi connectivity index (χ0n) is 11.0. The minimum atomic E-state index is 0.382. The molecule has 0 bridgehead atoms. The lowest BCUT2D eigenvalue weighted by Crippen LogP contribution is -2.20. The molecular weight excluding hydrogens is 270 g/mol. The molecule has 1 aliphatic rings. The highest BCUT2D eigenvalue weighted by Crippen LogP contribution is 2.34. The van der Waals surface area contributed by atoms with Crippen molar-refractivity contribution >= 4 is 28.7 Å². The average molecular weight is 285 g/mol. The van der Waals surface area contributed by atoms with E-state index < -0.39 is 0 Å². The topological polar surface area (TPSA) is 51.4 Å². The van der Waals surface area contributed by atoms with Crippen molar-refractivity contribution in [1.82, 2.24) is 4.98 Å². The van der Waals surface area contributed by atoms with Gasteiger partial charge in [0.05, 0.1) is 12.3 Å². The molecule has 1 aromatic heterocycles. The molecule has 0 radical (unpaired) electrons. The Balaban J connectivity index is 2.05. The van der Waals surface area contributed by atoms with Crippen LogP contribution in [0.1, 0.15) is 12.0 Å². The number of para-hydroxylation sites is 2. The Hall–Kier alpha value is -2.14. The van der Waals surface area contributed by atoms with Crippen molar-refractivity contribution in [2.45, 2.75) is 6.42 Å². The first-order chi connectivity index (χ1) is 9.75. The van der Waals surface area contributed by atoms with Gasteiger partial charge in [-0.3, -0.25) is 0 Å². The molecule has 3 rings (SSSR count). The van der Waals surface area contributed by atoms with Gasteiger partial charge < -0.3 is 15.4 Å². The molecule has 0 spiro atoms. The third kappa shape index (κ3) is 2.44. The van der Waals surface area contributed by atoms with Crippen LogP contribution in [0.25, 0.3) is 0 Å². The molecule has 0 amide bonds. The Labute approximate surface area is 123 Å². The van der Waals surface area contributed by atoms with Crippen LogP contribution in [0.4, 0.5) is 11.5 Å². The van der Waals surface area contributed by atoms with Crippen LogP contribution in [0.3, 0.4) is 0 Å². The number of ether oxygens (including phenoxy) is 1. The van der Waals surface area contributed by atoms with Gasteiger partial charge in [-0.15, -0.1) is 0 Å². The summed E-state index contributed by atoms with van der Waals surface area (Å²) in [5.74, 6) is 1.72. The van der Waals surface area contributed by atoms with Crippen molar-refractivity contribution in [3.05, 3.63) is 48.2 Å². The van der Waals surface area contributed by atoms with Crippen molar-refractivity contribution < 1.29 is 4.74 Å². The van der Waals surface area contributed by atoms with Gasteiger partial charge in [-0.05, 0) is 30.7 Å². The van der Waals surface area contributed by atoms with E-state index in [-0.39, 0.29) is 0 Å². The zero-order valence-corrected chi connectivity index (χ0v) is 11.8. The van der Waals surface area contributed by atoms with Crippen molar-refractivity contribution in [3.8, 4) is 5.75 Å². The first-order valence-corrected chi connectivity index (χ1v) is 6.92. The van der Waals surface area contributed by atoms with E-state index in [4.69, 9.17) is 22.7 Å². The number of aromatic nitrogens is 1. The molecule has 0 unspecified atom stereocenters. The lowest BCUT2D eigenvalue weighted by molar-refractivity contribution is 0.322. The summed E-state index contributed by atoms with van der Waals surface area (Å²) in [6.45, 7) is 1.56. The fourth-order valence-electron chi connectivity index (χ4n) is 2.28. The molecule has 0 aliphatic carbocycles. The minimum Gasteiger partial charge on any atom is -0.491 e. The van der Waals surface area contributed by atoms with Crippen LogP contribution >= 0.6 is 12.2 Å². The quantitative estimate of drug-likeness (QED) is 0.860. The summed E-state index contributed by atoms with van der Waals surface area (Å²) in [5, 5.41) is 0. The maximum Gasteiger partial charge on any atom is 0.142 e. The number of hydrogen-bond acceptors (Lipinski definition) is 4. The second-order valence-corrected chi connectivity index (χ2v) is 5.03. The third-order valence-electron chi connectivity index (χ3n) is 3.25. The SMILES string of the molecule is NC(=S)c1ccnc(N2CCCOc3ccccc32)c1. The Morgan fingerprint density at radius 1 is 1.30 bits per heavy atom. The van der Waals surface area contributed by atoms with Gasteiger partial charge in [0.25, 0.3) is 0 Å². The summed E-state index contributed by atoms with van der Waals surface area (Å²) in [4.78, 5) is 6.97. The number of nitrogens with two attached hydrogens (primary N) is 1. The van der Waals surface area contributed by atoms with Gasteiger partial charge in [-0.25, -0.2) is 4.98 Å². The smallest absolute Gasteiger partial charge is 0.142 e. The number of anilines is 2. The van der Waals surface area contributed by atoms with E-state index in [2.05, 4.69) is 9.88 Å². The highest BCUT2D eigenvalue weighted by atomic mass is 32.1. The maximum atomic E-state index is 5.76. The molecule has 20 heavy (non-hydrogen) atoms. The largest absolute Gasteiger partial charge is 0.491 e. The summed E-state index contributed by atoms with van der Waals surface area (Å²) in [6, 6.07) is 11.7. The summed E-state index contributed by atoms with van der Waals surface area (Å²) in [6.07, 6.45) is 2.67. The Morgan fingerprint density at radius 2 is 2.15 bits per heavy atom. The van der Waals surface area contributed by atoms with E-state index in [0.29, 0.717) is 11.6 Å². The molecule has 2 heterocycles. The van der Waals surface area contributed by atoms with Crippen LogP contribution in [0.2, 0.25) is 0 Å². The van der Waals surface area contributed by atoms with Gasteiger partial charge in [0.15, 0.2) is 0 Å². The van der Waals surface area contributed by atoms with Gasteiger partial charge in [-0.1, -0.05) is 24.4 Å². The van der Waals surface area contributed by atoms with Crippen molar-refractivity contribution in [2.75, 3.05) is 18.1 Å². The summed E-state index contributed by atoms with van der Waals surface area (Å²) in [7, 11) is 0. The fraction of sp³-hybridized carbons (Fsp3) is 0.200. The van der Waals surface area contributed by atoms with E-state index in [1.807, 2.05) is 36.4 Å². The van der Waals surface area contributed by atoms with Crippen molar-refractivity contribution in [1.29, 1.82) is 0 Å². The van der Waals surface area contributed by atoms with Crippen LogP contribution < -0.4 is 15.4 Å². The highest BCUT2D eigenvalue weighted by molar-refractivity contribution is 7.80. The Morgan fingerprint density at radius 3 is 3.00 bits per heavy atom. The zero-order chi connectivity index (χ0) is 13.9. The number of rotatable bonds is 2. The number of pyridine rings is 1. The number of nitrogens with zero attached hydrogens (tertiary/aromatic N) is 2. The predicted molar refractivity (Wildman–Crippen MR) is 83.7 cm³/mol. The molecule has 0 fully saturated rings. The third-order valence-corrected chi connectivity index (χ3v) is 3.48. The summed E-state index contributed by atoms with van der Waals surface area (Å²) in [5.41, 5.74) is 7.55. The van der Waals surface area contributed by atoms with E-state index in [0.717, 1.165) is 35.8 Å². The summed E-state index contributed by atoms with van der Waals surface area (Å²) < 4.78 is 5.76. The molecule has 0 saturated carbocycles. The molecule has 0 saturated heterocycles. The van der Waals surface area contributed by atoms with Crippen LogP contribution in [0, 0.1) is 0 Å². The Bertz CT molecular complexity index is 645. The van der Waals surface area contributed by atoms with E-state index in [1.54, 1.807) is 6.20 Å². The first kappa shape index (κ1) is 12.9. The van der Waals surface area contributed by atoms with E-state index >= 15 is 0 Å². The molecule has 2 N–H and O–H groups in total. The number of fused-ring (bicyclic) bond motifs is 1. The molecule has 1 aromatic carbocycles. The lowest BCUT2D eigenvalue weighted by atomic mass is 10.2. The Kier molecular flexibility index (Phi) is 3.52. The molecular formula is C15H15N3OS. The predicted octanol–water partition coefficient (Wildman–Crippen LogP) is 2.64. The molecule has 1 aliphatic heterocycles. The second kappa shape index (κ2) is 5.46. The van der Waals surface area contributed by atoms with Gasteiger partial charge >= 0.3 is 0 Å². The van der Waals surface area contributed by atoms with Gasteiger partial charge in [0.2, 0.25) is 0 Å². The van der Waals surface area contributed by atoms with E-state index in [1.165, 1.54) is 0 Å². The van der Waals surface area contributed by atoms with Crippen molar-refractivity contribution in [3.63, 3.8) is 0 Å². The molecule has 2 aromatic rings. The van der Waals surface area contributed by atoms with Crippen LogP contribution in [-0.2, 0) is 0 Å². The normalized spacial score (nSPS) is 14.1. The average Bonchev–Trinajstić information content (AvgIpc) is 2.69. The fourth-order valence-corrected chi connectivity index (χ4v) is 2.41. The van der Waals surface area contributed by atoms with Crippen LogP contribution in [0.15, 0.2) is 42.6 Å². The highest BCUT2D eigenvalue weighted by Gasteiger charge is 2.18. The standard InChI is InChI=1S/C15H15N3OS/c16-15(20)11-6-7-17-14(10-11)18-8-3-9-19-13-5-2-1-4-12(13)18/h1-2,4-7,10H,3,8-9H2,(H2,16,20). The molecule has 5 heteroatoms. The second-order valence-electron chi connectivity index (χ2n) is 4.59. The van der Waals surface area contributed by atoms with Crippen LogP contribution in [-0.4, -0.2) is 23.1 Å². The van der Waals surface area contributed by atoms with Crippen LogP contribution in [0.5, 0.6) is 5.75 Å². The van der Waals surface area contributed by atoms with E-state index in [9.17, 15) is 0 Å². The molecule has 102 valence electrons. The molecule has 4 nitrogen and oxygen atoms in total. The van der Waals surface area contributed by atoms with Gasteiger partial charge in [0.1, 0.15) is 16.6 Å². The minimum absolute atomic E-state index is 0.382. The number of hydrogen-bond donors (Lipinski definition) is 1. The molecule has 0 atom stereocenters. The number of benzene rings is 1. The van der Waals surface area contributed by atoms with Crippen molar-refractivity contribution in [2.24, 2.45) is 5.73 Å². The lowest BCUT2D eigenvalue weighted by Gasteiger charge is -2.23.